The van der Waals surface area contributed by atoms with Crippen LogP contribution in [0.15, 0.2) is 30.3 Å². The average molecular weight is 733 g/mol. The van der Waals surface area contributed by atoms with Crippen molar-refractivity contribution in [3.63, 3.8) is 0 Å². The Morgan fingerprint density at radius 2 is 1.24 bits per heavy atom. The van der Waals surface area contributed by atoms with E-state index in [1.807, 2.05) is 37.3 Å². The second-order valence-electron chi connectivity index (χ2n) is 14.0. The number of nitrogens with two attached hydrogens (primary N) is 5. The molecule has 5 rings (SSSR count). The standard InChI is InChI=1S/C32H56N6O13/c1-12(7-13-5-3-2-4-6-13)38-10-17-23(42)25(44)20(37)31(47-17)49-27-15(35)8-14(34)21(40)29(27)51-32-26(45)28(18(11-39)48-32)50-30-19(36)24(43)22(41)16(9-33)46-30/h2-6,12,14-32,38-45H,7-11,33-37H2,1H3/t12?,14-,15+,16+,17-,18-,19-,20-,21+,22-,23-,24-,25-,26-,27-,28-,29-,30-,31-,32+/m1/s1. The average Bonchev–Trinajstić information content (AvgIpc) is 3.41. The van der Waals surface area contributed by atoms with Crippen molar-refractivity contribution in [3.05, 3.63) is 35.9 Å². The number of aliphatic hydroxyl groups is 7. The number of nitrogens with one attached hydrogen (secondary N) is 1. The SMILES string of the molecule is CC(Cc1ccccc1)NC[C@H]1O[C@H](O[C@H]2[C@H](O[C@@H]3O[C@H](CO)[C@@H](O[C@H]4O[C@@H](CN)[C@@H](O)[C@H](O)[C@H]4N)[C@H]3O)[C@@H](O)[C@H](N)C[C@@H]2N)[C@H](N)[C@@H](O)[C@@H]1O. The molecule has 0 aromatic heterocycles. The Kier molecular flexibility index (Phi) is 14.1. The van der Waals surface area contributed by atoms with Crippen LogP contribution in [-0.4, -0.2) is 178 Å². The van der Waals surface area contributed by atoms with E-state index in [0.29, 0.717) is 6.42 Å². The van der Waals surface area contributed by atoms with Gasteiger partial charge in [-0.15, -0.1) is 0 Å². The van der Waals surface area contributed by atoms with Crippen molar-refractivity contribution in [2.45, 2.75) is 142 Å². The second-order valence-corrected chi connectivity index (χ2v) is 14.0. The fraction of sp³-hybridized carbons (Fsp3) is 0.812. The van der Waals surface area contributed by atoms with Gasteiger partial charge in [-0.2, -0.15) is 0 Å². The Balaban J connectivity index is 1.26. The summed E-state index contributed by atoms with van der Waals surface area (Å²) in [6.45, 7) is 1.31. The monoisotopic (exact) mass is 732 g/mol. The van der Waals surface area contributed by atoms with E-state index in [0.717, 1.165) is 5.56 Å². The van der Waals surface area contributed by atoms with Gasteiger partial charge in [-0.05, 0) is 25.3 Å². The third kappa shape index (κ3) is 9.06. The van der Waals surface area contributed by atoms with Crippen molar-refractivity contribution in [3.8, 4) is 0 Å². The second kappa shape index (κ2) is 17.7. The van der Waals surface area contributed by atoms with E-state index in [-0.39, 0.29) is 25.6 Å². The van der Waals surface area contributed by atoms with Gasteiger partial charge < -0.3 is 98.2 Å². The molecule has 1 aromatic carbocycles. The number of benzene rings is 1. The Labute approximate surface area is 295 Å². The van der Waals surface area contributed by atoms with Crippen molar-refractivity contribution in [1.29, 1.82) is 0 Å². The predicted molar refractivity (Wildman–Crippen MR) is 177 cm³/mol. The summed E-state index contributed by atoms with van der Waals surface area (Å²) in [6.07, 6.45) is -19.1. The Hall–Kier alpha value is -1.54. The van der Waals surface area contributed by atoms with E-state index in [2.05, 4.69) is 5.32 Å². The van der Waals surface area contributed by atoms with Crippen LogP contribution in [0.1, 0.15) is 18.9 Å². The van der Waals surface area contributed by atoms with Crippen LogP contribution < -0.4 is 34.0 Å². The highest BCUT2D eigenvalue weighted by molar-refractivity contribution is 5.15. The van der Waals surface area contributed by atoms with Crippen LogP contribution in [-0.2, 0) is 34.8 Å². The molecule has 3 aliphatic heterocycles. The minimum atomic E-state index is -1.61. The van der Waals surface area contributed by atoms with Gasteiger partial charge >= 0.3 is 0 Å². The maximum Gasteiger partial charge on any atom is 0.187 e. The lowest BCUT2D eigenvalue weighted by Crippen LogP contribution is -2.68. The molecule has 19 nitrogen and oxygen atoms in total. The lowest BCUT2D eigenvalue weighted by Gasteiger charge is -2.47. The molecule has 4 aliphatic rings. The first-order valence-electron chi connectivity index (χ1n) is 17.4. The van der Waals surface area contributed by atoms with Crippen LogP contribution >= 0.6 is 0 Å². The van der Waals surface area contributed by atoms with Gasteiger partial charge in [0.1, 0.15) is 67.1 Å². The highest BCUT2D eigenvalue weighted by Gasteiger charge is 2.54. The van der Waals surface area contributed by atoms with Gasteiger partial charge in [0.15, 0.2) is 18.9 Å². The molecule has 3 heterocycles. The molecule has 1 saturated carbocycles. The van der Waals surface area contributed by atoms with Crippen molar-refractivity contribution in [1.82, 2.24) is 5.32 Å². The van der Waals surface area contributed by atoms with E-state index in [4.69, 9.17) is 57.1 Å². The molecule has 292 valence electrons. The van der Waals surface area contributed by atoms with Crippen LogP contribution in [0, 0.1) is 0 Å². The molecule has 51 heavy (non-hydrogen) atoms. The smallest absolute Gasteiger partial charge is 0.187 e. The third-order valence-electron chi connectivity index (χ3n) is 10.2. The first kappa shape index (κ1) is 40.6. The first-order chi connectivity index (χ1) is 24.2. The highest BCUT2D eigenvalue weighted by atomic mass is 16.8. The van der Waals surface area contributed by atoms with Gasteiger partial charge in [-0.3, -0.25) is 0 Å². The zero-order valence-corrected chi connectivity index (χ0v) is 28.4. The molecule has 18 N–H and O–H groups in total. The summed E-state index contributed by atoms with van der Waals surface area (Å²) in [7, 11) is 0. The maximum atomic E-state index is 11.3. The molecule has 0 spiro atoms. The van der Waals surface area contributed by atoms with Crippen molar-refractivity contribution >= 4 is 0 Å². The molecule has 20 atom stereocenters. The molecule has 0 amide bonds. The third-order valence-corrected chi connectivity index (χ3v) is 10.2. The van der Waals surface area contributed by atoms with Crippen molar-refractivity contribution in [2.24, 2.45) is 28.7 Å². The van der Waals surface area contributed by atoms with Gasteiger partial charge in [0, 0.05) is 31.2 Å². The zero-order chi connectivity index (χ0) is 37.1. The Morgan fingerprint density at radius 1 is 0.686 bits per heavy atom. The molecular formula is C32H56N6O13. The highest BCUT2D eigenvalue weighted by Crippen LogP contribution is 2.34. The number of hydrogen-bond donors (Lipinski definition) is 13. The molecule has 0 bridgehead atoms. The summed E-state index contributed by atoms with van der Waals surface area (Å²) < 4.78 is 35.6. The number of rotatable bonds is 13. The lowest BCUT2D eigenvalue weighted by atomic mass is 9.84. The summed E-state index contributed by atoms with van der Waals surface area (Å²) in [5.74, 6) is 0. The van der Waals surface area contributed by atoms with Crippen LogP contribution in [0.25, 0.3) is 0 Å². The van der Waals surface area contributed by atoms with E-state index in [1.54, 1.807) is 0 Å². The van der Waals surface area contributed by atoms with E-state index in [1.165, 1.54) is 0 Å². The maximum absolute atomic E-state index is 11.3. The molecule has 1 unspecified atom stereocenters. The van der Waals surface area contributed by atoms with E-state index >= 15 is 0 Å². The van der Waals surface area contributed by atoms with Crippen molar-refractivity contribution in [2.75, 3.05) is 19.7 Å². The molecular weight excluding hydrogens is 676 g/mol. The van der Waals surface area contributed by atoms with Gasteiger partial charge in [0.05, 0.1) is 24.8 Å². The van der Waals surface area contributed by atoms with Crippen LogP contribution in [0.4, 0.5) is 0 Å². The molecule has 3 saturated heterocycles. The fourth-order valence-electron chi connectivity index (χ4n) is 7.07. The summed E-state index contributed by atoms with van der Waals surface area (Å²) in [4.78, 5) is 0. The molecule has 1 aliphatic carbocycles. The van der Waals surface area contributed by atoms with E-state index < -0.39 is 123 Å². The quantitative estimate of drug-likeness (QED) is 0.0896. The molecule has 1 aromatic rings. The minimum absolute atomic E-state index is 0.0101. The van der Waals surface area contributed by atoms with Gasteiger partial charge in [0.2, 0.25) is 0 Å². The van der Waals surface area contributed by atoms with Crippen molar-refractivity contribution < 1.29 is 64.2 Å². The summed E-state index contributed by atoms with van der Waals surface area (Å²) in [5.41, 5.74) is 31.7. The topological polar surface area (TPSA) is 339 Å². The summed E-state index contributed by atoms with van der Waals surface area (Å²) >= 11 is 0. The number of hydrogen-bond acceptors (Lipinski definition) is 19. The molecule has 19 heteroatoms. The predicted octanol–water partition coefficient (Wildman–Crippen LogP) is -6.63. The number of aliphatic hydroxyl groups excluding tert-OH is 7. The Morgan fingerprint density at radius 3 is 1.84 bits per heavy atom. The molecule has 4 fully saturated rings. The first-order valence-corrected chi connectivity index (χ1v) is 17.4. The fourth-order valence-corrected chi connectivity index (χ4v) is 7.07. The van der Waals surface area contributed by atoms with Crippen LogP contribution in [0.2, 0.25) is 0 Å². The van der Waals surface area contributed by atoms with Crippen LogP contribution in [0.5, 0.6) is 0 Å². The Bertz CT molecular complexity index is 1220. The summed E-state index contributed by atoms with van der Waals surface area (Å²) in [6, 6.07) is 5.61. The van der Waals surface area contributed by atoms with E-state index in [9.17, 15) is 35.7 Å². The summed E-state index contributed by atoms with van der Waals surface area (Å²) in [5, 5.41) is 78.1. The van der Waals surface area contributed by atoms with Crippen LogP contribution in [0.3, 0.4) is 0 Å². The zero-order valence-electron chi connectivity index (χ0n) is 28.4. The largest absolute Gasteiger partial charge is 0.394 e. The number of ether oxygens (including phenoxy) is 6. The molecule has 0 radical (unpaired) electrons. The van der Waals surface area contributed by atoms with Gasteiger partial charge in [-0.1, -0.05) is 30.3 Å². The normalized spacial score (nSPS) is 47.0. The minimum Gasteiger partial charge on any atom is -0.394 e. The lowest BCUT2D eigenvalue weighted by molar-refractivity contribution is -0.307. The van der Waals surface area contributed by atoms with Gasteiger partial charge in [-0.25, -0.2) is 0 Å². The van der Waals surface area contributed by atoms with Gasteiger partial charge in [0.25, 0.3) is 0 Å².